The number of hydrogen-bond donors (Lipinski definition) is 0. The summed E-state index contributed by atoms with van der Waals surface area (Å²) >= 11 is 0. The first-order valence-electron chi connectivity index (χ1n) is 8.31. The molecule has 0 aromatic heterocycles. The average molecular weight is 312 g/mol. The SMILES string of the molecule is C[C@@]1(c2ccccc2)CC(c2ccccc2)=NN1c1ccccc1. The summed E-state index contributed by atoms with van der Waals surface area (Å²) in [5, 5.41) is 7.18. The van der Waals surface area contributed by atoms with Crippen molar-refractivity contribution in [3.05, 3.63) is 102 Å². The summed E-state index contributed by atoms with van der Waals surface area (Å²) in [6.45, 7) is 2.27. The summed E-state index contributed by atoms with van der Waals surface area (Å²) in [6.07, 6.45) is 0.885. The minimum Gasteiger partial charge on any atom is -0.255 e. The van der Waals surface area contributed by atoms with Gasteiger partial charge < -0.3 is 0 Å². The molecule has 1 aliphatic rings. The standard InChI is InChI=1S/C22H20N2/c1-22(19-13-7-3-8-14-19)17-21(18-11-5-2-6-12-18)23-24(22)20-15-9-4-10-16-20/h2-16H,17H2,1H3/t22-/m0/s1. The smallest absolute Gasteiger partial charge is 0.0910 e. The normalized spacial score (nSPS) is 20.0. The van der Waals surface area contributed by atoms with Crippen LogP contribution >= 0.6 is 0 Å². The lowest BCUT2D eigenvalue weighted by atomic mass is 9.85. The van der Waals surface area contributed by atoms with E-state index < -0.39 is 0 Å². The predicted molar refractivity (Wildman–Crippen MR) is 100 cm³/mol. The Balaban J connectivity index is 1.82. The zero-order valence-corrected chi connectivity index (χ0v) is 13.8. The third kappa shape index (κ3) is 2.50. The minimum absolute atomic E-state index is 0.187. The van der Waals surface area contributed by atoms with E-state index in [1.807, 2.05) is 12.1 Å². The maximum atomic E-state index is 5.01. The van der Waals surface area contributed by atoms with E-state index in [0.29, 0.717) is 0 Å². The molecule has 2 nitrogen and oxygen atoms in total. The molecule has 0 N–H and O–H groups in total. The van der Waals surface area contributed by atoms with E-state index in [-0.39, 0.29) is 5.54 Å². The third-order valence-electron chi connectivity index (χ3n) is 4.70. The summed E-state index contributed by atoms with van der Waals surface area (Å²) < 4.78 is 0. The van der Waals surface area contributed by atoms with E-state index in [0.717, 1.165) is 17.8 Å². The van der Waals surface area contributed by atoms with Crippen molar-refractivity contribution in [1.82, 2.24) is 0 Å². The highest BCUT2D eigenvalue weighted by atomic mass is 15.5. The fourth-order valence-electron chi connectivity index (χ4n) is 3.39. The monoisotopic (exact) mass is 312 g/mol. The Morgan fingerprint density at radius 3 is 1.92 bits per heavy atom. The van der Waals surface area contributed by atoms with E-state index >= 15 is 0 Å². The van der Waals surface area contributed by atoms with Gasteiger partial charge in [0.25, 0.3) is 0 Å². The van der Waals surface area contributed by atoms with Gasteiger partial charge in [0.05, 0.1) is 16.9 Å². The van der Waals surface area contributed by atoms with Crippen LogP contribution in [0.3, 0.4) is 0 Å². The van der Waals surface area contributed by atoms with Crippen LogP contribution in [0.4, 0.5) is 5.69 Å². The number of rotatable bonds is 3. The van der Waals surface area contributed by atoms with Crippen LogP contribution in [-0.4, -0.2) is 5.71 Å². The molecule has 0 fully saturated rings. The predicted octanol–water partition coefficient (Wildman–Crippen LogP) is 5.22. The van der Waals surface area contributed by atoms with Crippen LogP contribution in [0, 0.1) is 0 Å². The van der Waals surface area contributed by atoms with Gasteiger partial charge in [0.2, 0.25) is 0 Å². The Morgan fingerprint density at radius 1 is 0.750 bits per heavy atom. The Kier molecular flexibility index (Phi) is 3.66. The van der Waals surface area contributed by atoms with E-state index in [1.165, 1.54) is 11.1 Å². The summed E-state index contributed by atoms with van der Waals surface area (Å²) in [4.78, 5) is 0. The first-order chi connectivity index (χ1) is 11.8. The fourth-order valence-corrected chi connectivity index (χ4v) is 3.39. The van der Waals surface area contributed by atoms with Crippen molar-refractivity contribution in [2.24, 2.45) is 5.10 Å². The largest absolute Gasteiger partial charge is 0.255 e. The van der Waals surface area contributed by atoms with Crippen LogP contribution in [0.15, 0.2) is 96.1 Å². The molecular weight excluding hydrogens is 292 g/mol. The Hall–Kier alpha value is -2.87. The molecule has 3 aromatic rings. The third-order valence-corrected chi connectivity index (χ3v) is 4.70. The van der Waals surface area contributed by atoms with Crippen LogP contribution in [0.2, 0.25) is 0 Å². The molecule has 1 heterocycles. The molecule has 2 heteroatoms. The van der Waals surface area contributed by atoms with Gasteiger partial charge in [-0.1, -0.05) is 78.9 Å². The molecule has 3 aromatic carbocycles. The summed E-state index contributed by atoms with van der Waals surface area (Å²) in [6, 6.07) is 31.5. The van der Waals surface area contributed by atoms with Crippen molar-refractivity contribution in [2.45, 2.75) is 18.9 Å². The molecule has 0 unspecified atom stereocenters. The lowest BCUT2D eigenvalue weighted by molar-refractivity contribution is 0.492. The van der Waals surface area contributed by atoms with Gasteiger partial charge in [-0.15, -0.1) is 0 Å². The van der Waals surface area contributed by atoms with Crippen LogP contribution in [0.25, 0.3) is 0 Å². The number of para-hydroxylation sites is 1. The first kappa shape index (κ1) is 14.7. The molecule has 24 heavy (non-hydrogen) atoms. The van der Waals surface area contributed by atoms with Gasteiger partial charge in [-0.2, -0.15) is 5.10 Å². The first-order valence-corrected chi connectivity index (χ1v) is 8.31. The second kappa shape index (κ2) is 5.97. The van der Waals surface area contributed by atoms with Gasteiger partial charge in [-0.05, 0) is 30.2 Å². The Labute approximate surface area is 143 Å². The topological polar surface area (TPSA) is 15.6 Å². The van der Waals surface area contributed by atoms with Gasteiger partial charge in [-0.25, -0.2) is 0 Å². The molecule has 0 saturated carbocycles. The molecule has 0 saturated heterocycles. The van der Waals surface area contributed by atoms with Crippen LogP contribution in [-0.2, 0) is 5.54 Å². The number of benzene rings is 3. The molecular formula is C22H20N2. The quantitative estimate of drug-likeness (QED) is 0.647. The molecule has 0 aliphatic carbocycles. The molecule has 118 valence electrons. The summed E-state index contributed by atoms with van der Waals surface area (Å²) in [5.41, 5.74) is 4.54. The zero-order valence-electron chi connectivity index (χ0n) is 13.8. The fraction of sp³-hybridized carbons (Fsp3) is 0.136. The van der Waals surface area contributed by atoms with Gasteiger partial charge >= 0.3 is 0 Å². The second-order valence-electron chi connectivity index (χ2n) is 6.38. The van der Waals surface area contributed by atoms with E-state index in [4.69, 9.17) is 5.10 Å². The molecule has 0 amide bonds. The van der Waals surface area contributed by atoms with Gasteiger partial charge in [0.15, 0.2) is 0 Å². The number of hydrazone groups is 1. The van der Waals surface area contributed by atoms with Crippen molar-refractivity contribution in [3.63, 3.8) is 0 Å². The van der Waals surface area contributed by atoms with Crippen LogP contribution in [0.5, 0.6) is 0 Å². The molecule has 1 atom stereocenters. The van der Waals surface area contributed by atoms with E-state index in [2.05, 4.69) is 90.8 Å². The average Bonchev–Trinajstić information content (AvgIpc) is 3.03. The van der Waals surface area contributed by atoms with Gasteiger partial charge in [0.1, 0.15) is 0 Å². The Morgan fingerprint density at radius 2 is 1.29 bits per heavy atom. The van der Waals surface area contributed by atoms with Gasteiger partial charge in [-0.3, -0.25) is 5.01 Å². The molecule has 0 radical (unpaired) electrons. The second-order valence-corrected chi connectivity index (χ2v) is 6.38. The minimum atomic E-state index is -0.187. The maximum Gasteiger partial charge on any atom is 0.0910 e. The van der Waals surface area contributed by atoms with E-state index in [1.54, 1.807) is 0 Å². The lowest BCUT2D eigenvalue weighted by Crippen LogP contribution is -2.37. The van der Waals surface area contributed by atoms with E-state index in [9.17, 15) is 0 Å². The van der Waals surface area contributed by atoms with Crippen molar-refractivity contribution in [2.75, 3.05) is 5.01 Å². The number of anilines is 1. The van der Waals surface area contributed by atoms with Crippen molar-refractivity contribution < 1.29 is 0 Å². The lowest BCUT2D eigenvalue weighted by Gasteiger charge is -2.35. The highest BCUT2D eigenvalue weighted by molar-refractivity contribution is 6.03. The molecule has 4 rings (SSSR count). The highest BCUT2D eigenvalue weighted by Crippen LogP contribution is 2.41. The summed E-state index contributed by atoms with van der Waals surface area (Å²) in [5.74, 6) is 0. The molecule has 0 spiro atoms. The Bertz CT molecular complexity index is 841. The number of hydrogen-bond acceptors (Lipinski definition) is 2. The maximum absolute atomic E-state index is 5.01. The zero-order chi connectivity index (χ0) is 16.4. The van der Waals surface area contributed by atoms with Crippen LogP contribution in [0.1, 0.15) is 24.5 Å². The summed E-state index contributed by atoms with van der Waals surface area (Å²) in [7, 11) is 0. The molecule has 0 bridgehead atoms. The van der Waals surface area contributed by atoms with Crippen molar-refractivity contribution in [3.8, 4) is 0 Å². The highest BCUT2D eigenvalue weighted by Gasteiger charge is 2.41. The van der Waals surface area contributed by atoms with Crippen LogP contribution < -0.4 is 5.01 Å². The van der Waals surface area contributed by atoms with Crippen molar-refractivity contribution in [1.29, 1.82) is 0 Å². The molecule has 1 aliphatic heterocycles. The van der Waals surface area contributed by atoms with Crippen molar-refractivity contribution >= 4 is 11.4 Å². The number of nitrogens with zero attached hydrogens (tertiary/aromatic N) is 2. The van der Waals surface area contributed by atoms with Gasteiger partial charge in [0, 0.05) is 6.42 Å².